The topological polar surface area (TPSA) is 846 Å². The van der Waals surface area contributed by atoms with E-state index in [1.807, 2.05) is 21.3 Å². The van der Waals surface area contributed by atoms with Crippen molar-refractivity contribution in [2.45, 2.75) is 163 Å². The van der Waals surface area contributed by atoms with E-state index in [1.54, 1.807) is 40.1 Å². The molecule has 10 aromatic rings. The number of methoxy groups -OCH3 is 2. The number of rotatable bonds is 26. The van der Waals surface area contributed by atoms with Crippen LogP contribution in [0.5, 0.6) is 0 Å². The molecule has 134 heavy (non-hydrogen) atoms. The number of aliphatic hydroxyl groups excluding tert-OH is 9. The Kier molecular flexibility index (Phi) is 32.1. The van der Waals surface area contributed by atoms with Gasteiger partial charge in [-0.2, -0.15) is 8.42 Å². The highest BCUT2D eigenvalue weighted by Gasteiger charge is 2.50. The molecule has 0 bridgehead atoms. The van der Waals surface area contributed by atoms with E-state index in [0.717, 1.165) is 23.6 Å². The summed E-state index contributed by atoms with van der Waals surface area (Å²) in [4.78, 5) is 81.0. The summed E-state index contributed by atoms with van der Waals surface area (Å²) in [7, 11) is -5.26. The number of amidine groups is 2. The first-order chi connectivity index (χ1) is 63.3. The van der Waals surface area contributed by atoms with E-state index in [0.29, 0.717) is 85.9 Å². The molecule has 2 aliphatic carbocycles. The van der Waals surface area contributed by atoms with Crippen LogP contribution in [0.15, 0.2) is 53.2 Å². The molecule has 58 heteroatoms. The number of carbonyl (C=O) groups excluding carboxylic acids is 3. The number of ether oxygens (including phenoxy) is 7. The van der Waals surface area contributed by atoms with Crippen molar-refractivity contribution in [1.29, 1.82) is 5.41 Å². The Hall–Kier alpha value is -11.9. The van der Waals surface area contributed by atoms with Crippen LogP contribution in [-0.2, 0) is 80.1 Å². The predicted molar refractivity (Wildman–Crippen MR) is 470 cm³/mol. The second-order valence-electron chi connectivity index (χ2n) is 31.0. The standard InChI is InChI=1S/C19H28N5O7P.C19H24N5O6P.C13H18N6O5.C13H18N6O4.C12H16N4O7S/c1-10-22-15(20)14-13(16(21)25)8-24(17(14)23-10)12-6-5-11(7-12)9-31-19(18(26)28-2)32(27,29-3)30-4;1-11-22-16(20)15-14(21-2)9-24(17(15)23-11)13-7-6-12(8-13)10-30-19(18(25)27-3)31(26,28-4)29-5;1-4-16-11(15)7-5(10(14)18-23)2-19(12(7)17-4)13-9(22)8(21)6(3-20)24-13;1-4-17-11(16)7-5(10(14)15)2-19(12(7)18-4)13-9(22)8(21)6(3-20)23-13;1-4-14-10(13)7-6(24(20,21)22)2-16(11(7)15-4)12-9(19)8(18)5(3-17)23-12/h8,11-12,19H,5-7,9H2,1-4H3,(H2,21,25)(H2,20,22,23);6-7,9,12-13,19H,8,10H2,1,3-5H3,(H2,20,22,23);2,6,8-9,13,20-23H,3H2,1H3,(H2,14,18)(H2,15,16,17);2,6,8-9,13,20-22H,3H2,1H3,(H3,14,15)(H2,16,17,18);2,5,8-9,12,17-19H,3H2,1H3,(H2,13,14,15)(H,20,21,22)/t11-,12+,19?;12-,13+,19?;2*6-,8-,9-,13-;5-,8-,9-,12-/m11111/s1. The Morgan fingerprint density at radius 3 is 1.26 bits per heavy atom. The van der Waals surface area contributed by atoms with Gasteiger partial charge >= 0.3 is 27.1 Å². The van der Waals surface area contributed by atoms with Crippen molar-refractivity contribution in [2.24, 2.45) is 34.2 Å². The zero-order valence-electron chi connectivity index (χ0n) is 73.6. The highest BCUT2D eigenvalue weighted by Crippen LogP contribution is 2.55. The number of nitrogens with two attached hydrogens (primary N) is 8. The van der Waals surface area contributed by atoms with Gasteiger partial charge in [-0.05, 0) is 66.2 Å². The summed E-state index contributed by atoms with van der Waals surface area (Å²) in [5.74, 6) is -3.19. The molecule has 3 saturated heterocycles. The Morgan fingerprint density at radius 1 is 0.515 bits per heavy atom. The highest BCUT2D eigenvalue weighted by atomic mass is 32.2. The van der Waals surface area contributed by atoms with Crippen molar-refractivity contribution >= 4 is 145 Å². The van der Waals surface area contributed by atoms with E-state index < -0.39 is 153 Å². The maximum Gasteiger partial charge on any atom is 0.370 e. The molecular weight excluding hydrogens is 1840 g/mol. The minimum Gasteiger partial charge on any atom is -0.467 e. The Labute approximate surface area is 760 Å². The normalized spacial score (nSPS) is 24.0. The zero-order chi connectivity index (χ0) is 98.7. The van der Waals surface area contributed by atoms with Gasteiger partial charge in [-0.15, -0.1) is 0 Å². The van der Waals surface area contributed by atoms with Gasteiger partial charge in [0.2, 0.25) is 5.69 Å². The van der Waals surface area contributed by atoms with E-state index in [2.05, 4.69) is 64.6 Å². The number of nitrogens with zero attached hydrogens (tertiary/aromatic N) is 17. The second kappa shape index (κ2) is 42.0. The molecule has 1 amide bonds. The number of hydrogen-bond acceptors (Lipinski definition) is 45. The Balaban J connectivity index is 0.000000162. The molecule has 13 heterocycles. The van der Waals surface area contributed by atoms with Gasteiger partial charge in [0.15, 0.2) is 24.5 Å². The lowest BCUT2D eigenvalue weighted by Gasteiger charge is -2.23. The summed E-state index contributed by atoms with van der Waals surface area (Å²) in [5, 5.41) is 109. The SMILES string of the molecule is COC(=O)C(OC[C@@H]1CC[C@H](n2cc(C(N)=O)c3c(N)nc(C)nc32)C1)P(=O)(OC)OC.Cc1nc(N)c2c(C(=N)N)cn([C@@H]3O[C@H](CO)[C@@H](O)[C@H]3O)c2n1.Cc1nc(N)c2c(C(N)=NO)cn([C@@H]3O[C@H](CO)[C@@H](O)[C@H]3O)c2n1.Cc1nc(N)c2c(S(=O)(=O)O)cn([C@@H]3O[C@H](CO)[C@@H](O)[C@H]3O)c2n1.[C-]#[N+]c1cn([C@H]2C=C[C@@H](COC(C(=O)OC)P(=O)(OC)OC)C2)c2nc(C)nc(N)c12. The minimum atomic E-state index is -4.65. The van der Waals surface area contributed by atoms with Gasteiger partial charge in [0.05, 0.1) is 97.9 Å². The van der Waals surface area contributed by atoms with E-state index in [4.69, 9.17) is 115 Å². The smallest absolute Gasteiger partial charge is 0.370 e. The summed E-state index contributed by atoms with van der Waals surface area (Å²) < 4.78 is 122. The maximum absolute atomic E-state index is 12.7. The molecule has 1 saturated carbocycles. The number of aromatic nitrogens is 15. The number of aryl methyl sites for hydroxylation is 5. The van der Waals surface area contributed by atoms with Crippen LogP contribution in [0.4, 0.5) is 34.8 Å². The van der Waals surface area contributed by atoms with E-state index >= 15 is 0 Å². The van der Waals surface area contributed by atoms with Crippen LogP contribution in [-0.4, -0.2) is 309 Å². The summed E-state index contributed by atoms with van der Waals surface area (Å²) in [6.45, 7) is 14.5. The van der Waals surface area contributed by atoms with Gasteiger partial charge in [-0.1, -0.05) is 17.3 Å². The van der Waals surface area contributed by atoms with Crippen molar-refractivity contribution in [3.8, 4) is 0 Å². The number of primary amides is 1. The molecule has 18 atom stereocenters. The molecular formula is C76H104N26O29P2S. The van der Waals surface area contributed by atoms with E-state index in [9.17, 15) is 77.3 Å². The van der Waals surface area contributed by atoms with Crippen LogP contribution in [0.2, 0.25) is 0 Å². The van der Waals surface area contributed by atoms with Gasteiger partial charge in [0.25, 0.3) is 27.7 Å². The fourth-order valence-electron chi connectivity index (χ4n) is 16.0. The third-order valence-electron chi connectivity index (χ3n) is 22.5. The van der Waals surface area contributed by atoms with Gasteiger partial charge in [-0.25, -0.2) is 64.3 Å². The average Bonchev–Trinajstić information content (AvgIpc) is 1.62. The lowest BCUT2D eigenvalue weighted by Crippen LogP contribution is -2.33. The molecule has 3 aliphatic heterocycles. The number of aliphatic hydroxyl groups is 9. The third kappa shape index (κ3) is 20.5. The van der Waals surface area contributed by atoms with E-state index in [1.165, 1.54) is 71.1 Å². The first-order valence-electron chi connectivity index (χ1n) is 40.4. The number of nitrogen functional groups attached to an aromatic ring is 6. The number of esters is 2. The number of amides is 1. The molecule has 0 aromatic carbocycles. The van der Waals surface area contributed by atoms with Gasteiger partial charge in [0, 0.05) is 76.9 Å². The highest BCUT2D eigenvalue weighted by molar-refractivity contribution is 7.86. The molecule has 5 aliphatic rings. The lowest BCUT2D eigenvalue weighted by molar-refractivity contribution is -0.151. The van der Waals surface area contributed by atoms with Crippen LogP contribution in [0.1, 0.15) is 107 Å². The molecule has 2 unspecified atom stereocenters. The Morgan fingerprint density at radius 2 is 0.881 bits per heavy atom. The molecule has 0 spiro atoms. The van der Waals surface area contributed by atoms with Crippen molar-refractivity contribution < 1.29 is 139 Å². The lowest BCUT2D eigenvalue weighted by atomic mass is 10.1. The van der Waals surface area contributed by atoms with Crippen LogP contribution in [0, 0.1) is 58.4 Å². The molecule has 28 N–H and O–H groups in total. The van der Waals surface area contributed by atoms with Crippen LogP contribution < -0.4 is 45.9 Å². The van der Waals surface area contributed by atoms with Crippen LogP contribution in [0.3, 0.4) is 0 Å². The first kappa shape index (κ1) is 103. The van der Waals surface area contributed by atoms with Crippen LogP contribution >= 0.6 is 15.2 Å². The number of anilines is 5. The number of fused-ring (bicyclic) bond motifs is 5. The second-order valence-corrected chi connectivity index (χ2v) is 36.9. The molecule has 10 aromatic heterocycles. The predicted octanol–water partition coefficient (Wildman–Crippen LogP) is -0.819. The molecule has 55 nitrogen and oxygen atoms in total. The zero-order valence-corrected chi connectivity index (χ0v) is 76.2. The maximum atomic E-state index is 12.7. The number of nitrogens with one attached hydrogen (secondary N) is 1. The molecule has 15 rings (SSSR count). The molecule has 0 radical (unpaired) electrons. The van der Waals surface area contributed by atoms with Crippen molar-refractivity contribution in [3.05, 3.63) is 100 Å². The molecule has 4 fully saturated rings. The summed E-state index contributed by atoms with van der Waals surface area (Å²) >= 11 is 0. The average molecular weight is 1940 g/mol. The largest absolute Gasteiger partial charge is 0.467 e. The van der Waals surface area contributed by atoms with Gasteiger partial charge in [0.1, 0.15) is 152 Å². The fraction of sp³-hybridized carbons (Fsp3) is 0.500. The minimum absolute atomic E-state index is 0.00105. The number of carbonyl (C=O) groups is 3. The third-order valence-corrected chi connectivity index (χ3v) is 27.3. The monoisotopic (exact) mass is 1940 g/mol. The summed E-state index contributed by atoms with van der Waals surface area (Å²) in [5.41, 5.74) is 49.4. The quantitative estimate of drug-likeness (QED) is 0.00362. The van der Waals surface area contributed by atoms with Gasteiger partial charge < -0.3 is 171 Å². The van der Waals surface area contributed by atoms with Crippen molar-refractivity contribution in [2.75, 3.05) is 104 Å². The Bertz CT molecular complexity index is 6390. The van der Waals surface area contributed by atoms with Crippen molar-refractivity contribution in [3.63, 3.8) is 0 Å². The van der Waals surface area contributed by atoms with E-state index in [-0.39, 0.29) is 112 Å². The summed E-state index contributed by atoms with van der Waals surface area (Å²) in [6.07, 6.45) is -0.144. The molecule has 728 valence electrons. The van der Waals surface area contributed by atoms with Crippen molar-refractivity contribution in [1.82, 2.24) is 72.7 Å². The number of allylic oxidation sites excluding steroid dienone is 1. The first-order valence-corrected chi connectivity index (χ1v) is 45.0. The van der Waals surface area contributed by atoms with Gasteiger partial charge in [-0.3, -0.25) is 23.9 Å². The van der Waals surface area contributed by atoms with Crippen LogP contribution in [0.25, 0.3) is 60.0 Å². The number of hydrogen-bond donors (Lipinski definition) is 20. The number of oxime groups is 1. The fourth-order valence-corrected chi connectivity index (χ4v) is 19.1. The summed E-state index contributed by atoms with van der Waals surface area (Å²) in [6, 6.07) is -0.102.